The number of benzene rings is 2. The maximum Gasteiger partial charge on any atom is 0.238 e. The topological polar surface area (TPSA) is 87.8 Å². The molecule has 4 rings (SSSR count). The third-order valence-corrected chi connectivity index (χ3v) is 8.47. The normalized spacial score (nSPS) is 22.5. The summed E-state index contributed by atoms with van der Waals surface area (Å²) < 4.78 is 23.5. The van der Waals surface area contributed by atoms with E-state index in [0.29, 0.717) is 5.92 Å². The van der Waals surface area contributed by atoms with Crippen LogP contribution < -0.4 is 15.5 Å². The molecule has 0 bridgehead atoms. The lowest BCUT2D eigenvalue weighted by atomic mass is 9.97. The average Bonchev–Trinajstić information content (AvgIpc) is 3.13. The summed E-state index contributed by atoms with van der Waals surface area (Å²) in [6.07, 6.45) is 11.8. The SMILES string of the molecule is NS(=O)(=O)c1ccc(N2N=C(CNCCC3C=CC=CC3)C(I)C2Cc2ccccc2)cc1. The molecule has 6 nitrogen and oxygen atoms in total. The van der Waals surface area contributed by atoms with Crippen LogP contribution in [0.2, 0.25) is 0 Å². The van der Waals surface area contributed by atoms with Gasteiger partial charge in [0.2, 0.25) is 10.0 Å². The Hall–Kier alpha value is -2.01. The molecule has 2 aliphatic rings. The molecule has 3 N–H and O–H groups in total. The molecule has 1 heterocycles. The molecule has 33 heavy (non-hydrogen) atoms. The monoisotopic (exact) mass is 576 g/mol. The summed E-state index contributed by atoms with van der Waals surface area (Å²) >= 11 is 2.49. The Kier molecular flexibility index (Phi) is 8.00. The number of hydrazone groups is 1. The second kappa shape index (κ2) is 10.9. The summed E-state index contributed by atoms with van der Waals surface area (Å²) in [5.74, 6) is 0.600. The van der Waals surface area contributed by atoms with Crippen LogP contribution in [-0.4, -0.2) is 37.2 Å². The molecule has 3 unspecified atom stereocenters. The van der Waals surface area contributed by atoms with Crippen LogP contribution in [0.4, 0.5) is 5.69 Å². The van der Waals surface area contributed by atoms with Gasteiger partial charge in [0.05, 0.1) is 26.3 Å². The van der Waals surface area contributed by atoms with Crippen LogP contribution >= 0.6 is 22.6 Å². The molecular weight excluding hydrogens is 547 g/mol. The van der Waals surface area contributed by atoms with Crippen molar-refractivity contribution in [2.24, 2.45) is 16.2 Å². The van der Waals surface area contributed by atoms with Crippen molar-refractivity contribution in [2.75, 3.05) is 18.1 Å². The highest BCUT2D eigenvalue weighted by Gasteiger charge is 2.36. The molecule has 2 aromatic rings. The van der Waals surface area contributed by atoms with E-state index in [-0.39, 0.29) is 14.9 Å². The quantitative estimate of drug-likeness (QED) is 0.268. The zero-order valence-electron chi connectivity index (χ0n) is 18.3. The van der Waals surface area contributed by atoms with E-state index in [0.717, 1.165) is 43.8 Å². The summed E-state index contributed by atoms with van der Waals surface area (Å²) in [6, 6.07) is 17.2. The number of nitrogens with zero attached hydrogens (tertiary/aromatic N) is 2. The zero-order chi connectivity index (χ0) is 23.3. The molecule has 0 amide bonds. The average molecular weight is 577 g/mol. The molecule has 3 atom stereocenters. The van der Waals surface area contributed by atoms with E-state index in [1.165, 1.54) is 5.56 Å². The summed E-state index contributed by atoms with van der Waals surface area (Å²) in [7, 11) is -3.73. The fourth-order valence-corrected chi connectivity index (χ4v) is 5.60. The van der Waals surface area contributed by atoms with E-state index < -0.39 is 10.0 Å². The Morgan fingerprint density at radius 1 is 1.09 bits per heavy atom. The van der Waals surface area contributed by atoms with Gasteiger partial charge in [-0.2, -0.15) is 5.10 Å². The van der Waals surface area contributed by atoms with E-state index in [9.17, 15) is 8.42 Å². The molecule has 0 spiro atoms. The molecule has 2 aromatic carbocycles. The second-order valence-electron chi connectivity index (χ2n) is 8.41. The van der Waals surface area contributed by atoms with E-state index in [2.05, 4.69) is 76.5 Å². The lowest BCUT2D eigenvalue weighted by Gasteiger charge is -2.26. The highest BCUT2D eigenvalue weighted by molar-refractivity contribution is 14.1. The van der Waals surface area contributed by atoms with Crippen molar-refractivity contribution >= 4 is 44.0 Å². The number of sulfonamides is 1. The summed E-state index contributed by atoms with van der Waals surface area (Å²) in [5.41, 5.74) is 3.21. The van der Waals surface area contributed by atoms with Crippen LogP contribution in [0, 0.1) is 5.92 Å². The van der Waals surface area contributed by atoms with Crippen molar-refractivity contribution in [1.29, 1.82) is 0 Å². The fourth-order valence-electron chi connectivity index (χ4n) is 4.18. The number of hydrogen-bond donors (Lipinski definition) is 2. The third kappa shape index (κ3) is 6.32. The zero-order valence-corrected chi connectivity index (χ0v) is 21.3. The molecule has 1 aliphatic heterocycles. The van der Waals surface area contributed by atoms with Crippen molar-refractivity contribution in [3.8, 4) is 0 Å². The van der Waals surface area contributed by atoms with E-state index in [4.69, 9.17) is 10.2 Å². The standard InChI is InChI=1S/C25H29IN4O2S/c26-25-23(18-28-16-15-19-7-3-1-4-8-19)29-30(24(25)17-20-9-5-2-6-10-20)21-11-13-22(14-12-21)33(27,31)32/h1-7,9-14,19,24-25,28H,8,15-18H2,(H2,27,31,32). The number of rotatable bonds is 9. The molecule has 1 aliphatic carbocycles. The Morgan fingerprint density at radius 3 is 2.52 bits per heavy atom. The van der Waals surface area contributed by atoms with E-state index in [1.807, 2.05) is 11.1 Å². The number of primary sulfonamides is 1. The number of allylic oxidation sites excluding steroid dienone is 4. The van der Waals surface area contributed by atoms with Crippen LogP contribution in [0.5, 0.6) is 0 Å². The van der Waals surface area contributed by atoms with Gasteiger partial charge in [-0.1, -0.05) is 77.2 Å². The van der Waals surface area contributed by atoms with Crippen LogP contribution in [-0.2, 0) is 16.4 Å². The van der Waals surface area contributed by atoms with Gasteiger partial charge in [-0.15, -0.1) is 0 Å². The van der Waals surface area contributed by atoms with Gasteiger partial charge in [0.25, 0.3) is 0 Å². The summed E-state index contributed by atoms with van der Waals surface area (Å²) in [6.45, 7) is 1.68. The number of alkyl halides is 1. The Labute approximate surface area is 209 Å². The van der Waals surface area contributed by atoms with Gasteiger partial charge in [-0.25, -0.2) is 13.6 Å². The fraction of sp³-hybridized carbons (Fsp3) is 0.320. The second-order valence-corrected chi connectivity index (χ2v) is 11.3. The Bertz CT molecular complexity index is 1130. The first-order valence-corrected chi connectivity index (χ1v) is 13.9. The van der Waals surface area contributed by atoms with Gasteiger partial charge in [-0.05, 0) is 61.6 Å². The van der Waals surface area contributed by atoms with Crippen molar-refractivity contribution in [1.82, 2.24) is 5.32 Å². The number of anilines is 1. The predicted molar refractivity (Wildman–Crippen MR) is 143 cm³/mol. The van der Waals surface area contributed by atoms with Gasteiger partial charge in [0.1, 0.15) is 0 Å². The highest BCUT2D eigenvalue weighted by Crippen LogP contribution is 2.31. The van der Waals surface area contributed by atoms with Gasteiger partial charge in [-0.3, -0.25) is 5.01 Å². The molecular formula is C25H29IN4O2S. The van der Waals surface area contributed by atoms with E-state index >= 15 is 0 Å². The first-order chi connectivity index (χ1) is 15.9. The third-order valence-electron chi connectivity index (χ3n) is 5.99. The first-order valence-electron chi connectivity index (χ1n) is 11.1. The Morgan fingerprint density at radius 2 is 1.85 bits per heavy atom. The van der Waals surface area contributed by atoms with Crippen molar-refractivity contribution < 1.29 is 8.42 Å². The molecule has 0 aromatic heterocycles. The van der Waals surface area contributed by atoms with Gasteiger partial charge >= 0.3 is 0 Å². The molecule has 0 fully saturated rings. The molecule has 174 valence electrons. The largest absolute Gasteiger partial charge is 0.311 e. The Balaban J connectivity index is 1.48. The lowest BCUT2D eigenvalue weighted by molar-refractivity contribution is 0.562. The van der Waals surface area contributed by atoms with Crippen LogP contribution in [0.1, 0.15) is 18.4 Å². The number of nitrogens with two attached hydrogens (primary N) is 1. The van der Waals surface area contributed by atoms with Crippen molar-refractivity contribution in [2.45, 2.75) is 34.1 Å². The van der Waals surface area contributed by atoms with E-state index in [1.54, 1.807) is 24.3 Å². The number of nitrogens with one attached hydrogen (secondary N) is 1. The smallest absolute Gasteiger partial charge is 0.238 e. The minimum atomic E-state index is -3.73. The summed E-state index contributed by atoms with van der Waals surface area (Å²) in [4.78, 5) is 0.105. The van der Waals surface area contributed by atoms with Crippen LogP contribution in [0.25, 0.3) is 0 Å². The van der Waals surface area contributed by atoms with Crippen molar-refractivity contribution in [3.63, 3.8) is 0 Å². The number of hydrogen-bond acceptors (Lipinski definition) is 5. The maximum atomic E-state index is 11.7. The number of halogens is 1. The molecule has 8 heteroatoms. The minimum absolute atomic E-state index is 0.105. The minimum Gasteiger partial charge on any atom is -0.311 e. The summed E-state index contributed by atoms with van der Waals surface area (Å²) in [5, 5.41) is 15.8. The predicted octanol–water partition coefficient (Wildman–Crippen LogP) is 4.04. The molecule has 0 saturated heterocycles. The van der Waals surface area contributed by atoms with Crippen molar-refractivity contribution in [3.05, 3.63) is 84.5 Å². The van der Waals surface area contributed by atoms with Gasteiger partial charge in [0.15, 0.2) is 0 Å². The maximum absolute atomic E-state index is 11.7. The van der Waals surface area contributed by atoms with Crippen LogP contribution in [0.15, 0.2) is 88.9 Å². The van der Waals surface area contributed by atoms with Gasteiger partial charge < -0.3 is 5.32 Å². The highest BCUT2D eigenvalue weighted by atomic mass is 127. The first kappa shape index (κ1) is 24.1. The van der Waals surface area contributed by atoms with Crippen LogP contribution in [0.3, 0.4) is 0 Å². The lowest BCUT2D eigenvalue weighted by Crippen LogP contribution is -2.38. The van der Waals surface area contributed by atoms with Gasteiger partial charge in [0, 0.05) is 6.54 Å². The molecule has 0 radical (unpaired) electrons. The molecule has 0 saturated carbocycles.